The molecular weight excluding hydrogens is 1560 g/mol. The van der Waals surface area contributed by atoms with Crippen LogP contribution in [0, 0.1) is 0 Å². The summed E-state index contributed by atoms with van der Waals surface area (Å²) in [5.41, 5.74) is 36.9. The van der Waals surface area contributed by atoms with Crippen LogP contribution in [0.5, 0.6) is 5.75 Å². The number of rotatable bonds is 19. The number of hydrogen-bond donors (Lipinski definition) is 9. The van der Waals surface area contributed by atoms with Crippen LogP contribution in [0.2, 0.25) is 0 Å². The molecule has 0 saturated heterocycles. The first kappa shape index (κ1) is 81.1. The van der Waals surface area contributed by atoms with Gasteiger partial charge in [0.25, 0.3) is 0 Å². The van der Waals surface area contributed by atoms with Gasteiger partial charge in [-0.15, -0.1) is 0 Å². The van der Waals surface area contributed by atoms with Crippen LogP contribution in [0.1, 0.15) is 82.1 Å². The molecule has 0 atom stereocenters. The zero-order chi connectivity index (χ0) is 82.8. The van der Waals surface area contributed by atoms with Crippen LogP contribution in [-0.4, -0.2) is 109 Å². The van der Waals surface area contributed by atoms with Crippen molar-refractivity contribution in [3.05, 3.63) is 326 Å². The number of anilines is 6. The molecule has 0 bridgehead atoms. The second-order valence-electron chi connectivity index (χ2n) is 26.1. The number of benzene rings is 8. The SMILES string of the molecule is C/C(=N\Nc1nc2ccccc2[nH]1)c1ccccn1.C/C(=N\Nc1nc2ccccc2n1C)c1ccccn1.C/C(=N\Nc1nc2ccccc2o1)c1ccccn1.C/C(=N\Nc1nc2ccccc2s1)c1ccccc1O.C/C(=N\Nc1nc2ccccc2s1)c1nc2ccccc2[nH]1.CC/C(=N\Nc1nc2ccccc2s1)c1ccccn1. The van der Waals surface area contributed by atoms with Crippen LogP contribution in [0.3, 0.4) is 0 Å². The number of thiazole rings is 3. The highest BCUT2D eigenvalue weighted by molar-refractivity contribution is 7.22. The highest BCUT2D eigenvalue weighted by Crippen LogP contribution is 2.29. The van der Waals surface area contributed by atoms with E-state index in [1.54, 1.807) is 70.9 Å². The Morgan fingerprint density at radius 3 is 1.27 bits per heavy atom. The van der Waals surface area contributed by atoms with E-state index in [2.05, 4.69) is 141 Å². The third-order valence-corrected chi connectivity index (χ3v) is 20.5. The zero-order valence-corrected chi connectivity index (χ0v) is 68.5. The van der Waals surface area contributed by atoms with Gasteiger partial charge in [0.2, 0.25) is 27.3 Å². The second kappa shape index (κ2) is 40.2. The van der Waals surface area contributed by atoms with Crippen molar-refractivity contribution in [3.8, 4) is 5.75 Å². The molecule has 596 valence electrons. The minimum absolute atomic E-state index is 0.222. The van der Waals surface area contributed by atoms with E-state index in [9.17, 15) is 5.11 Å². The van der Waals surface area contributed by atoms with Crippen molar-refractivity contribution >= 4 is 176 Å². The summed E-state index contributed by atoms with van der Waals surface area (Å²) in [4.78, 5) is 54.5. The smallest absolute Gasteiger partial charge is 0.316 e. The number of fused-ring (bicyclic) bond motifs is 7. The summed E-state index contributed by atoms with van der Waals surface area (Å²) in [6, 6.07) is 85.8. The number of nitrogens with zero attached hydrogens (tertiary/aromatic N) is 18. The molecule has 11 aromatic heterocycles. The fourth-order valence-electron chi connectivity index (χ4n) is 11.5. The Balaban J connectivity index is 0.000000118. The van der Waals surface area contributed by atoms with Crippen LogP contribution in [0.25, 0.3) is 74.8 Å². The lowest BCUT2D eigenvalue weighted by Crippen LogP contribution is -2.04. The number of hydrogen-bond acceptors (Lipinski definition) is 28. The molecule has 8 aromatic carbocycles. The van der Waals surface area contributed by atoms with Gasteiger partial charge in [-0.25, -0.2) is 46.2 Å². The van der Waals surface area contributed by atoms with Crippen LogP contribution in [0.4, 0.5) is 33.3 Å². The summed E-state index contributed by atoms with van der Waals surface area (Å²) in [6.45, 7) is 11.5. The number of aromatic hydroxyl groups is 1. The van der Waals surface area contributed by atoms with Gasteiger partial charge in [0.1, 0.15) is 17.0 Å². The molecule has 9 N–H and O–H groups in total. The van der Waals surface area contributed by atoms with Gasteiger partial charge < -0.3 is 24.1 Å². The standard InChI is InChI=1S/C16H13N5S.C15H15N5.C15H14N4S.C15H13N3OS.C14H13N5.C14H12N4O/c1-10(15-17-11-6-2-3-7-12(11)18-15)20-21-16-19-13-8-4-5-9-14(13)22-16;1-11(12-7-5-6-10-16-12)18-19-15-17-13-8-3-4-9-14(13)20(15)2;1-2-11(12-7-5-6-10-16-12)18-19-15-17-13-8-3-4-9-14(13)20-15;1-10(11-6-2-4-8-13(11)19)17-18-15-16-12-7-3-5-9-14(12)20-15;1-10(11-6-4-5-9-15-11)18-19-14-16-12-7-2-3-8-13(12)17-14;1-10(11-6-4-5-9-15-11)17-18-14-16-12-7-2-3-8-13(12)19-14/h2-9H,1H3,(H,17,18)(H,19,21);3-10H,1-2H3,(H,17,19);3-10H,2H2,1H3,(H,17,19);2-9,19H,1H3,(H,16,18);2-9H,1H3,(H2,16,17,19);2-9H,1H3,(H,16,18)/b20-10+;2*18-11+;17-10+;18-10+;17-10+. The lowest BCUT2D eigenvalue weighted by molar-refractivity contribution is 0.474. The Hall–Kier alpha value is -15.5. The van der Waals surface area contributed by atoms with Gasteiger partial charge in [-0.3, -0.25) is 36.2 Å². The van der Waals surface area contributed by atoms with E-state index in [-0.39, 0.29) is 5.75 Å². The maximum Gasteiger partial charge on any atom is 0.316 e. The summed E-state index contributed by atoms with van der Waals surface area (Å²) < 4.78 is 10.9. The Morgan fingerprint density at radius 1 is 0.367 bits per heavy atom. The van der Waals surface area contributed by atoms with Crippen molar-refractivity contribution in [2.24, 2.45) is 37.7 Å². The third-order valence-electron chi connectivity index (χ3n) is 17.7. The van der Waals surface area contributed by atoms with Crippen LogP contribution in [-0.2, 0) is 7.05 Å². The summed E-state index contributed by atoms with van der Waals surface area (Å²) >= 11 is 4.72. The van der Waals surface area contributed by atoms with Crippen molar-refractivity contribution < 1.29 is 9.52 Å². The maximum atomic E-state index is 9.77. The van der Waals surface area contributed by atoms with Gasteiger partial charge in [-0.1, -0.05) is 162 Å². The van der Waals surface area contributed by atoms with Crippen LogP contribution in [0.15, 0.2) is 327 Å². The van der Waals surface area contributed by atoms with Gasteiger partial charge in [0, 0.05) is 37.4 Å². The number of H-pyrrole nitrogens is 2. The fourth-order valence-corrected chi connectivity index (χ4v) is 13.9. The molecule has 19 aromatic rings. The van der Waals surface area contributed by atoms with Gasteiger partial charge >= 0.3 is 6.01 Å². The largest absolute Gasteiger partial charge is 0.507 e. The summed E-state index contributed by atoms with van der Waals surface area (Å²) in [6.07, 6.45) is 7.82. The van der Waals surface area contributed by atoms with Crippen LogP contribution < -0.4 is 32.6 Å². The number of phenols is 1. The summed E-state index contributed by atoms with van der Waals surface area (Å²) in [5.74, 6) is 2.31. The summed E-state index contributed by atoms with van der Waals surface area (Å²) in [7, 11) is 1.96. The molecule has 120 heavy (non-hydrogen) atoms. The minimum atomic E-state index is 0.222. The molecule has 11 heterocycles. The number of para-hydroxylation sites is 12. The molecule has 0 aliphatic carbocycles. The number of pyridine rings is 4. The van der Waals surface area contributed by atoms with E-state index >= 15 is 0 Å². The minimum Gasteiger partial charge on any atom is -0.507 e. The quantitative estimate of drug-likeness (QED) is 0.0268. The first-order valence-electron chi connectivity index (χ1n) is 37.8. The summed E-state index contributed by atoms with van der Waals surface area (Å²) in [5, 5.41) is 38.0. The molecule has 0 aliphatic heterocycles. The molecule has 0 unspecified atom stereocenters. The Kier molecular flexibility index (Phi) is 27.2. The normalized spacial score (nSPS) is 11.8. The highest BCUT2D eigenvalue weighted by atomic mass is 32.1. The predicted octanol–water partition coefficient (Wildman–Crippen LogP) is 20.4. The Bertz CT molecular complexity index is 6470. The predicted molar refractivity (Wildman–Crippen MR) is 490 cm³/mol. The number of nitrogens with one attached hydrogen (secondary N) is 8. The Labute approximate surface area is 700 Å². The number of hydrazone groups is 6. The number of aromatic nitrogens is 14. The van der Waals surface area contributed by atoms with Crippen molar-refractivity contribution in [1.29, 1.82) is 0 Å². The molecule has 0 radical (unpaired) electrons. The van der Waals surface area contributed by atoms with Gasteiger partial charge in [-0.05, 0) is 187 Å². The lowest BCUT2D eigenvalue weighted by Gasteiger charge is -2.03. The number of aryl methyl sites for hydroxylation is 1. The van der Waals surface area contributed by atoms with Crippen molar-refractivity contribution in [2.45, 2.75) is 48.0 Å². The van der Waals surface area contributed by atoms with Crippen LogP contribution >= 0.6 is 34.0 Å². The monoisotopic (exact) mass is 1640 g/mol. The lowest BCUT2D eigenvalue weighted by atomic mass is 10.1. The molecule has 0 saturated carbocycles. The van der Waals surface area contributed by atoms with Crippen molar-refractivity contribution in [1.82, 2.24) is 69.4 Å². The molecular formula is C89H80N26O2S3. The van der Waals surface area contributed by atoms with E-state index in [0.29, 0.717) is 29.2 Å². The average Bonchev–Trinajstić information content (AvgIpc) is 1.67. The maximum absolute atomic E-state index is 9.77. The molecule has 0 fully saturated rings. The zero-order valence-electron chi connectivity index (χ0n) is 66.0. The molecule has 0 amide bonds. The molecule has 0 aliphatic rings. The van der Waals surface area contributed by atoms with Gasteiger partial charge in [0.15, 0.2) is 11.4 Å². The first-order chi connectivity index (χ1) is 58.8. The number of aromatic amines is 2. The molecule has 31 heteroatoms. The second-order valence-corrected chi connectivity index (χ2v) is 29.2. The van der Waals surface area contributed by atoms with Gasteiger partial charge in [0.05, 0.1) is 115 Å². The fraction of sp³-hybridized carbons (Fsp3) is 0.0899. The first-order valence-corrected chi connectivity index (χ1v) is 40.3. The Morgan fingerprint density at radius 2 is 0.783 bits per heavy atom. The van der Waals surface area contributed by atoms with E-state index in [1.165, 1.54) is 0 Å². The number of phenolic OH excluding ortho intramolecular Hbond substituents is 1. The van der Waals surface area contributed by atoms with Gasteiger partial charge in [-0.2, -0.15) is 35.6 Å². The van der Waals surface area contributed by atoms with E-state index in [1.807, 2.05) is 295 Å². The van der Waals surface area contributed by atoms with E-state index in [0.717, 1.165) is 154 Å². The number of oxazole rings is 1. The van der Waals surface area contributed by atoms with E-state index in [4.69, 9.17) is 4.42 Å². The van der Waals surface area contributed by atoms with E-state index < -0.39 is 0 Å². The van der Waals surface area contributed by atoms with Crippen molar-refractivity contribution in [2.75, 3.05) is 32.6 Å². The highest BCUT2D eigenvalue weighted by Gasteiger charge is 2.13. The molecule has 19 rings (SSSR count). The van der Waals surface area contributed by atoms with Crippen molar-refractivity contribution in [3.63, 3.8) is 0 Å². The molecule has 0 spiro atoms. The molecule has 28 nitrogen and oxygen atoms in total. The topological polar surface area (TPSA) is 358 Å². The average molecular weight is 1640 g/mol. The third kappa shape index (κ3) is 21.7. The number of imidazole rings is 3.